The molecule has 0 spiro atoms. The van der Waals surface area contributed by atoms with E-state index in [2.05, 4.69) is 165 Å². The van der Waals surface area contributed by atoms with E-state index in [0.29, 0.717) is 0 Å². The summed E-state index contributed by atoms with van der Waals surface area (Å²) in [6.07, 6.45) is 14.3. The minimum absolute atomic E-state index is 0.134. The number of nitrogens with zero attached hydrogens (tertiary/aromatic N) is 4. The summed E-state index contributed by atoms with van der Waals surface area (Å²) in [4.78, 5) is 12.4. The van der Waals surface area contributed by atoms with Gasteiger partial charge in [0.15, 0.2) is 0 Å². The van der Waals surface area contributed by atoms with E-state index in [-0.39, 0.29) is 12.0 Å². The van der Waals surface area contributed by atoms with Gasteiger partial charge in [-0.15, -0.1) is 0 Å². The maximum Gasteiger partial charge on any atom is 0.147 e. The molecule has 3 aliphatic rings. The Kier molecular flexibility index (Phi) is 6.00. The van der Waals surface area contributed by atoms with Gasteiger partial charge in [-0.3, -0.25) is 9.55 Å². The highest BCUT2D eigenvalue weighted by atomic mass is 15.2. The van der Waals surface area contributed by atoms with Crippen LogP contribution in [0.3, 0.4) is 0 Å². The molecule has 0 fully saturated rings. The summed E-state index contributed by atoms with van der Waals surface area (Å²) in [5.41, 5.74) is 13.6. The second kappa shape index (κ2) is 10.7. The summed E-state index contributed by atoms with van der Waals surface area (Å²) < 4.78 is 2.34. The first-order chi connectivity index (χ1) is 23.8. The van der Waals surface area contributed by atoms with Crippen molar-refractivity contribution < 1.29 is 0 Å². The van der Waals surface area contributed by atoms with E-state index in [1.165, 1.54) is 22.4 Å². The predicted octanol–water partition coefficient (Wildman–Crippen LogP) is 10.5. The lowest BCUT2D eigenvalue weighted by molar-refractivity contribution is 0.831. The third-order valence-electron chi connectivity index (χ3n) is 9.89. The van der Waals surface area contributed by atoms with Crippen LogP contribution in [0.5, 0.6) is 0 Å². The number of allylic oxidation sites excluding steroid dienone is 3. The van der Waals surface area contributed by atoms with Gasteiger partial charge < -0.3 is 10.2 Å². The monoisotopic (exact) mass is 617 g/mol. The van der Waals surface area contributed by atoms with E-state index in [0.717, 1.165) is 62.5 Å². The molecule has 7 aromatic rings. The lowest BCUT2D eigenvalue weighted by Crippen LogP contribution is -2.19. The Labute approximate surface area is 278 Å². The van der Waals surface area contributed by atoms with Gasteiger partial charge in [0.05, 0.1) is 39.7 Å². The summed E-state index contributed by atoms with van der Waals surface area (Å²) in [5.74, 6) is 1.17. The van der Waals surface area contributed by atoms with Crippen LogP contribution in [0.2, 0.25) is 0 Å². The molecule has 5 nitrogen and oxygen atoms in total. The SMILES string of the molecule is C1=CC(N2c3ccccc3-c3nc4ccc5ncccc5c4n3-c3ccccc32)=CC(c2cccc(C3C=Cc4ccccc4N3)c2)C1. The maximum absolute atomic E-state index is 5.27. The second-order valence-electron chi connectivity index (χ2n) is 12.7. The normalized spacial score (nSPS) is 17.6. The molecule has 0 amide bonds. The molecule has 0 radical (unpaired) electrons. The molecular formula is C43H31N5. The average Bonchev–Trinajstić information content (AvgIpc) is 3.50. The standard InChI is InChI=1S/C43H31N5/c1-3-17-35-28(10-1)21-22-36(45-35)31-13-7-11-29(26-31)30-12-8-14-32(27-30)47-39-18-4-2-15-34(39)43-46-38-24-23-37-33(16-9-25-44-37)42(38)48(43)41-20-6-5-19-40(41)47/h1-11,13-27,30,36,45H,12H2. The number of hydrogen-bond acceptors (Lipinski definition) is 4. The molecular weight excluding hydrogens is 587 g/mol. The van der Waals surface area contributed by atoms with Gasteiger partial charge in [-0.1, -0.05) is 91.0 Å². The number of fused-ring (bicyclic) bond motifs is 10. The van der Waals surface area contributed by atoms with Crippen LogP contribution < -0.4 is 10.2 Å². The molecule has 2 unspecified atom stereocenters. The van der Waals surface area contributed by atoms with Crippen LogP contribution in [0.4, 0.5) is 17.1 Å². The van der Waals surface area contributed by atoms with Crippen LogP contribution in [0.1, 0.15) is 35.1 Å². The van der Waals surface area contributed by atoms with Crippen LogP contribution in [0.25, 0.3) is 45.1 Å². The lowest BCUT2D eigenvalue weighted by atomic mass is 9.88. The van der Waals surface area contributed by atoms with Gasteiger partial charge in [0, 0.05) is 34.4 Å². The first kappa shape index (κ1) is 27.0. The Balaban J connectivity index is 1.11. The average molecular weight is 618 g/mol. The summed E-state index contributed by atoms with van der Waals surface area (Å²) in [5, 5.41) is 4.82. The number of anilines is 3. The molecule has 4 heterocycles. The Morgan fingerprint density at radius 1 is 0.688 bits per heavy atom. The van der Waals surface area contributed by atoms with Gasteiger partial charge in [-0.2, -0.15) is 0 Å². The van der Waals surface area contributed by atoms with Crippen molar-refractivity contribution in [1.29, 1.82) is 0 Å². The zero-order valence-corrected chi connectivity index (χ0v) is 26.2. The van der Waals surface area contributed by atoms with E-state index in [9.17, 15) is 0 Å². The fraction of sp³-hybridized carbons (Fsp3) is 0.0698. The van der Waals surface area contributed by atoms with Crippen molar-refractivity contribution in [3.05, 3.63) is 174 Å². The lowest BCUT2D eigenvalue weighted by Gasteiger charge is -2.30. The Morgan fingerprint density at radius 3 is 2.46 bits per heavy atom. The van der Waals surface area contributed by atoms with Crippen molar-refractivity contribution >= 4 is 45.1 Å². The quantitative estimate of drug-likeness (QED) is 0.214. The fourth-order valence-electron chi connectivity index (χ4n) is 7.66. The molecule has 2 aliphatic heterocycles. The zero-order chi connectivity index (χ0) is 31.6. The van der Waals surface area contributed by atoms with Crippen molar-refractivity contribution in [2.24, 2.45) is 0 Å². The van der Waals surface area contributed by atoms with Crippen LogP contribution in [-0.2, 0) is 0 Å². The smallest absolute Gasteiger partial charge is 0.147 e. The van der Waals surface area contributed by atoms with E-state index < -0.39 is 0 Å². The number of para-hydroxylation sites is 4. The van der Waals surface area contributed by atoms with Crippen LogP contribution in [0.15, 0.2) is 158 Å². The van der Waals surface area contributed by atoms with E-state index in [1.807, 2.05) is 12.3 Å². The van der Waals surface area contributed by atoms with Crippen molar-refractivity contribution in [3.63, 3.8) is 0 Å². The molecule has 2 atom stereocenters. The summed E-state index contributed by atoms with van der Waals surface area (Å²) in [7, 11) is 0. The number of imidazole rings is 1. The van der Waals surface area contributed by atoms with E-state index in [4.69, 9.17) is 4.98 Å². The molecule has 5 heteroatoms. The van der Waals surface area contributed by atoms with E-state index >= 15 is 0 Å². The van der Waals surface area contributed by atoms with Crippen LogP contribution >= 0.6 is 0 Å². The molecule has 1 aliphatic carbocycles. The van der Waals surface area contributed by atoms with Gasteiger partial charge in [0.25, 0.3) is 0 Å². The summed E-state index contributed by atoms with van der Waals surface area (Å²) >= 11 is 0. The van der Waals surface area contributed by atoms with Crippen LogP contribution in [-0.4, -0.2) is 14.5 Å². The number of pyridine rings is 1. The minimum atomic E-state index is 0.134. The van der Waals surface area contributed by atoms with Gasteiger partial charge in [0.2, 0.25) is 0 Å². The Bertz CT molecular complexity index is 2500. The fourth-order valence-corrected chi connectivity index (χ4v) is 7.66. The van der Waals surface area contributed by atoms with Crippen molar-refractivity contribution in [1.82, 2.24) is 14.5 Å². The number of rotatable bonds is 3. The molecule has 0 saturated heterocycles. The van der Waals surface area contributed by atoms with Gasteiger partial charge in [-0.25, -0.2) is 4.98 Å². The summed E-state index contributed by atoms with van der Waals surface area (Å²) in [6, 6.07) is 43.4. The highest BCUT2D eigenvalue weighted by Gasteiger charge is 2.30. The minimum Gasteiger partial charge on any atom is -0.374 e. The van der Waals surface area contributed by atoms with Gasteiger partial charge in [0.1, 0.15) is 5.82 Å². The van der Waals surface area contributed by atoms with Gasteiger partial charge in [-0.05, 0) is 83.8 Å². The first-order valence-corrected chi connectivity index (χ1v) is 16.6. The molecule has 1 N–H and O–H groups in total. The van der Waals surface area contributed by atoms with Crippen molar-refractivity contribution in [3.8, 4) is 17.1 Å². The largest absolute Gasteiger partial charge is 0.374 e. The van der Waals surface area contributed by atoms with Crippen molar-refractivity contribution in [2.45, 2.75) is 18.4 Å². The molecule has 228 valence electrons. The van der Waals surface area contributed by atoms with Crippen molar-refractivity contribution in [2.75, 3.05) is 10.2 Å². The maximum atomic E-state index is 5.27. The molecule has 0 saturated carbocycles. The molecule has 2 aromatic heterocycles. The third-order valence-corrected chi connectivity index (χ3v) is 9.89. The second-order valence-corrected chi connectivity index (χ2v) is 12.7. The topological polar surface area (TPSA) is 46.0 Å². The molecule has 48 heavy (non-hydrogen) atoms. The van der Waals surface area contributed by atoms with E-state index in [1.54, 1.807) is 0 Å². The third kappa shape index (κ3) is 4.17. The van der Waals surface area contributed by atoms with Gasteiger partial charge >= 0.3 is 0 Å². The highest BCUT2D eigenvalue weighted by molar-refractivity contribution is 6.07. The number of benzene rings is 5. The Morgan fingerprint density at radius 2 is 1.50 bits per heavy atom. The number of nitrogens with one attached hydrogen (secondary N) is 1. The highest BCUT2D eigenvalue weighted by Crippen LogP contribution is 2.48. The Hall–Kier alpha value is -6.20. The predicted molar refractivity (Wildman–Crippen MR) is 197 cm³/mol. The summed E-state index contributed by atoms with van der Waals surface area (Å²) in [6.45, 7) is 0. The zero-order valence-electron chi connectivity index (χ0n) is 26.2. The molecule has 0 bridgehead atoms. The molecule has 5 aromatic carbocycles. The number of hydrogen-bond donors (Lipinski definition) is 1. The van der Waals surface area contributed by atoms with Crippen LogP contribution in [0, 0.1) is 0 Å². The number of aromatic nitrogens is 3. The first-order valence-electron chi connectivity index (χ1n) is 16.6. The molecule has 10 rings (SSSR count).